The van der Waals surface area contributed by atoms with Crippen LogP contribution in [-0.4, -0.2) is 11.9 Å². The van der Waals surface area contributed by atoms with E-state index >= 15 is 0 Å². The summed E-state index contributed by atoms with van der Waals surface area (Å²) in [6.45, 7) is 0. The van der Waals surface area contributed by atoms with Crippen LogP contribution in [-0.2, 0) is 9.59 Å². The Kier molecular flexibility index (Phi) is 6.80. The van der Waals surface area contributed by atoms with Gasteiger partial charge in [0, 0.05) is 21.8 Å². The van der Waals surface area contributed by atoms with Gasteiger partial charge >= 0.3 is 11.9 Å². The van der Waals surface area contributed by atoms with Gasteiger partial charge in [-0.1, -0.05) is 31.9 Å². The molecule has 0 saturated carbocycles. The third-order valence-electron chi connectivity index (χ3n) is 2.85. The van der Waals surface area contributed by atoms with Crippen molar-refractivity contribution >= 4 is 43.8 Å². The van der Waals surface area contributed by atoms with Gasteiger partial charge in [-0.25, -0.2) is 0 Å². The molecule has 0 atom stereocenters. The second-order valence-electron chi connectivity index (χ2n) is 4.71. The number of benzene rings is 2. The van der Waals surface area contributed by atoms with E-state index in [1.807, 2.05) is 0 Å². The van der Waals surface area contributed by atoms with Crippen LogP contribution < -0.4 is 9.47 Å². The lowest BCUT2D eigenvalue weighted by atomic mass is 10.2. The molecule has 0 bridgehead atoms. The number of carbonyl (C=O) groups excluding carboxylic acids is 2. The number of ether oxygens (including phenoxy) is 2. The minimum absolute atomic E-state index is 0.158. The van der Waals surface area contributed by atoms with Gasteiger partial charge in [-0.05, 0) is 55.0 Å². The highest BCUT2D eigenvalue weighted by Crippen LogP contribution is 2.18. The molecule has 0 saturated heterocycles. The Morgan fingerprint density at radius 3 is 1.39 bits per heavy atom. The van der Waals surface area contributed by atoms with Crippen molar-refractivity contribution in [3.63, 3.8) is 0 Å². The summed E-state index contributed by atoms with van der Waals surface area (Å²) in [5.41, 5.74) is 0. The van der Waals surface area contributed by atoms with E-state index in [1.165, 1.54) is 0 Å². The predicted octanol–water partition coefficient (Wildman–Crippen LogP) is 4.89. The molecule has 0 aliphatic rings. The molecule has 0 amide bonds. The molecule has 0 N–H and O–H groups in total. The van der Waals surface area contributed by atoms with E-state index in [4.69, 9.17) is 9.47 Å². The predicted molar refractivity (Wildman–Crippen MR) is 93.4 cm³/mol. The van der Waals surface area contributed by atoms with Crippen LogP contribution in [0, 0.1) is 0 Å². The summed E-state index contributed by atoms with van der Waals surface area (Å²) in [6, 6.07) is 14.0. The Morgan fingerprint density at radius 1 is 0.696 bits per heavy atom. The first-order valence-electron chi connectivity index (χ1n) is 6.95. The molecule has 0 aromatic heterocycles. The van der Waals surface area contributed by atoms with E-state index < -0.39 is 0 Å². The highest BCUT2D eigenvalue weighted by atomic mass is 79.9. The van der Waals surface area contributed by atoms with Gasteiger partial charge in [0.1, 0.15) is 11.5 Å². The van der Waals surface area contributed by atoms with Crippen LogP contribution >= 0.6 is 31.9 Å². The first kappa shape index (κ1) is 17.7. The van der Waals surface area contributed by atoms with Crippen molar-refractivity contribution in [1.82, 2.24) is 0 Å². The van der Waals surface area contributed by atoms with Gasteiger partial charge in [0.25, 0.3) is 0 Å². The lowest BCUT2D eigenvalue weighted by molar-refractivity contribution is -0.136. The van der Waals surface area contributed by atoms with Crippen LogP contribution in [0.5, 0.6) is 11.5 Å². The molecule has 0 unspecified atom stereocenters. The molecule has 0 radical (unpaired) electrons. The van der Waals surface area contributed by atoms with Crippen molar-refractivity contribution in [2.75, 3.05) is 0 Å². The fourth-order valence-corrected chi connectivity index (χ4v) is 2.28. The van der Waals surface area contributed by atoms with Crippen LogP contribution in [0.3, 0.4) is 0 Å². The summed E-state index contributed by atoms with van der Waals surface area (Å²) in [7, 11) is 0. The SMILES string of the molecule is O=C(CCCC(=O)Oc1ccc(Br)cc1)Oc1ccc(Br)cc1. The number of halogens is 2. The highest BCUT2D eigenvalue weighted by Gasteiger charge is 2.09. The second-order valence-corrected chi connectivity index (χ2v) is 6.54. The molecule has 0 heterocycles. The van der Waals surface area contributed by atoms with Gasteiger partial charge in [0.2, 0.25) is 0 Å². The Balaban J connectivity index is 1.69. The lowest BCUT2D eigenvalue weighted by Crippen LogP contribution is -2.11. The summed E-state index contributed by atoms with van der Waals surface area (Å²) in [6.07, 6.45) is 0.696. The van der Waals surface area contributed by atoms with E-state index in [9.17, 15) is 9.59 Å². The molecule has 2 aromatic rings. The van der Waals surface area contributed by atoms with Crippen LogP contribution in [0.4, 0.5) is 0 Å². The first-order valence-corrected chi connectivity index (χ1v) is 8.54. The van der Waals surface area contributed by atoms with Crippen LogP contribution in [0.2, 0.25) is 0 Å². The van der Waals surface area contributed by atoms with Gasteiger partial charge in [0.05, 0.1) is 0 Å². The minimum Gasteiger partial charge on any atom is -0.427 e. The van der Waals surface area contributed by atoms with Crippen LogP contribution in [0.25, 0.3) is 0 Å². The molecular formula is C17H14Br2O4. The molecular weight excluding hydrogens is 428 g/mol. The number of hydrogen-bond acceptors (Lipinski definition) is 4. The molecule has 4 nitrogen and oxygen atoms in total. The van der Waals surface area contributed by atoms with Gasteiger partial charge in [-0.3, -0.25) is 9.59 Å². The molecule has 0 aliphatic carbocycles. The molecule has 2 aromatic carbocycles. The smallest absolute Gasteiger partial charge is 0.311 e. The van der Waals surface area contributed by atoms with Crippen molar-refractivity contribution in [1.29, 1.82) is 0 Å². The maximum Gasteiger partial charge on any atom is 0.311 e. The fourth-order valence-electron chi connectivity index (χ4n) is 1.75. The van der Waals surface area contributed by atoms with Gasteiger partial charge in [-0.15, -0.1) is 0 Å². The Morgan fingerprint density at radius 2 is 1.04 bits per heavy atom. The minimum atomic E-state index is -0.372. The Labute approximate surface area is 151 Å². The van der Waals surface area contributed by atoms with Gasteiger partial charge < -0.3 is 9.47 Å². The third-order valence-corrected chi connectivity index (χ3v) is 3.91. The van der Waals surface area contributed by atoms with E-state index in [1.54, 1.807) is 48.5 Å². The molecule has 0 fully saturated rings. The largest absolute Gasteiger partial charge is 0.427 e. The normalized spacial score (nSPS) is 10.2. The third kappa shape index (κ3) is 6.54. The Bertz CT molecular complexity index is 606. The summed E-state index contributed by atoms with van der Waals surface area (Å²) in [5, 5.41) is 0. The van der Waals surface area contributed by atoms with E-state index in [0.717, 1.165) is 8.95 Å². The van der Waals surface area contributed by atoms with Gasteiger partial charge in [-0.2, -0.15) is 0 Å². The van der Waals surface area contributed by atoms with E-state index in [2.05, 4.69) is 31.9 Å². The molecule has 2 rings (SSSR count). The van der Waals surface area contributed by atoms with Crippen LogP contribution in [0.15, 0.2) is 57.5 Å². The van der Waals surface area contributed by atoms with Crippen molar-refractivity contribution in [3.05, 3.63) is 57.5 Å². The molecule has 6 heteroatoms. The number of hydrogen-bond donors (Lipinski definition) is 0. The molecule has 23 heavy (non-hydrogen) atoms. The first-order chi connectivity index (χ1) is 11.0. The average Bonchev–Trinajstić information content (AvgIpc) is 2.52. The number of esters is 2. The van der Waals surface area contributed by atoms with Crippen molar-refractivity contribution in [2.24, 2.45) is 0 Å². The molecule has 120 valence electrons. The standard InChI is InChI=1S/C17H14Br2O4/c18-12-4-8-14(9-5-12)22-16(20)2-1-3-17(21)23-15-10-6-13(19)7-11-15/h4-11H,1-3H2. The highest BCUT2D eigenvalue weighted by molar-refractivity contribution is 9.10. The quantitative estimate of drug-likeness (QED) is 0.472. The van der Waals surface area contributed by atoms with Crippen LogP contribution in [0.1, 0.15) is 19.3 Å². The maximum atomic E-state index is 11.7. The number of rotatable bonds is 6. The summed E-state index contributed by atoms with van der Waals surface area (Å²) >= 11 is 6.61. The zero-order valence-corrected chi connectivity index (χ0v) is 15.3. The topological polar surface area (TPSA) is 52.6 Å². The zero-order chi connectivity index (χ0) is 16.7. The second kappa shape index (κ2) is 8.84. The number of carbonyl (C=O) groups is 2. The molecule has 0 spiro atoms. The zero-order valence-electron chi connectivity index (χ0n) is 12.1. The summed E-state index contributed by atoms with van der Waals surface area (Å²) in [4.78, 5) is 23.4. The van der Waals surface area contributed by atoms with E-state index in [-0.39, 0.29) is 24.8 Å². The summed E-state index contributed by atoms with van der Waals surface area (Å²) in [5.74, 6) is 0.221. The Hall–Kier alpha value is -1.66. The monoisotopic (exact) mass is 440 g/mol. The molecule has 0 aliphatic heterocycles. The van der Waals surface area contributed by atoms with Gasteiger partial charge in [0.15, 0.2) is 0 Å². The van der Waals surface area contributed by atoms with Crippen molar-refractivity contribution < 1.29 is 19.1 Å². The van der Waals surface area contributed by atoms with Crippen molar-refractivity contribution in [2.45, 2.75) is 19.3 Å². The summed E-state index contributed by atoms with van der Waals surface area (Å²) < 4.78 is 12.2. The average molecular weight is 442 g/mol. The van der Waals surface area contributed by atoms with E-state index in [0.29, 0.717) is 17.9 Å². The lowest BCUT2D eigenvalue weighted by Gasteiger charge is -2.05. The fraction of sp³-hybridized carbons (Fsp3) is 0.176. The maximum absolute atomic E-state index is 11.7. The van der Waals surface area contributed by atoms with Crippen molar-refractivity contribution in [3.8, 4) is 11.5 Å².